The maximum absolute atomic E-state index is 13.0. The molecule has 1 saturated carbocycles. The number of hydrogen-bond donors (Lipinski definition) is 0. The minimum absolute atomic E-state index is 0.0402. The van der Waals surface area contributed by atoms with Crippen molar-refractivity contribution in [3.63, 3.8) is 0 Å². The lowest BCUT2D eigenvalue weighted by Gasteiger charge is -2.37. The van der Waals surface area contributed by atoms with Gasteiger partial charge in [-0.15, -0.1) is 0 Å². The van der Waals surface area contributed by atoms with E-state index in [9.17, 15) is 15.3 Å². The van der Waals surface area contributed by atoms with Crippen LogP contribution in [0.25, 0.3) is 11.0 Å². The number of oxime groups is 1. The lowest BCUT2D eigenvalue weighted by Crippen LogP contribution is -2.39. The summed E-state index contributed by atoms with van der Waals surface area (Å²) < 4.78 is 3.27. The minimum atomic E-state index is -0.417. The molecule has 38 heavy (non-hydrogen) atoms. The molecule has 0 N–H and O–H groups in total. The summed E-state index contributed by atoms with van der Waals surface area (Å²) in [6.45, 7) is 7.88. The fourth-order valence-corrected chi connectivity index (χ4v) is 5.19. The van der Waals surface area contributed by atoms with E-state index in [2.05, 4.69) is 27.4 Å². The lowest BCUT2D eigenvalue weighted by atomic mass is 9.81. The molecule has 198 valence electrons. The molecule has 1 aliphatic carbocycles. The maximum Gasteiger partial charge on any atom is 0.270 e. The summed E-state index contributed by atoms with van der Waals surface area (Å²) in [5.74, 6) is 0.177. The van der Waals surface area contributed by atoms with Crippen molar-refractivity contribution in [3.05, 3.63) is 51.2 Å². The van der Waals surface area contributed by atoms with Gasteiger partial charge >= 0.3 is 0 Å². The Morgan fingerprint density at radius 2 is 1.84 bits per heavy atom. The van der Waals surface area contributed by atoms with E-state index in [0.717, 1.165) is 42.8 Å². The Morgan fingerprint density at radius 3 is 2.39 bits per heavy atom. The standard InChI is InChI=1S/C28H34N8O2/c1-17-14-23(36(7)32-17)24(33-38-28(2,3)4)18-8-11-20(12-9-18)34(5)26-21(16-30)27(37)35(6)22-13-10-19(15-29)31-25(22)26/h10,13-14,18,20H,8-9,11-12H2,1-7H3/b33-24-/t18-,20+. The van der Waals surface area contributed by atoms with Crippen molar-refractivity contribution in [3.8, 4) is 12.1 Å². The van der Waals surface area contributed by atoms with Crippen LogP contribution in [0.4, 0.5) is 5.69 Å². The van der Waals surface area contributed by atoms with Crippen molar-refractivity contribution in [2.24, 2.45) is 25.2 Å². The van der Waals surface area contributed by atoms with Gasteiger partial charge in [-0.25, -0.2) is 4.98 Å². The van der Waals surface area contributed by atoms with E-state index in [-0.39, 0.29) is 28.8 Å². The first kappa shape index (κ1) is 26.9. The fraction of sp³-hybridized carbons (Fsp3) is 0.500. The molecule has 4 rings (SSSR count). The monoisotopic (exact) mass is 514 g/mol. The number of aromatic nitrogens is 4. The van der Waals surface area contributed by atoms with Gasteiger partial charge in [-0.1, -0.05) is 5.16 Å². The Kier molecular flexibility index (Phi) is 7.28. The number of rotatable bonds is 5. The van der Waals surface area contributed by atoms with Crippen LogP contribution >= 0.6 is 0 Å². The lowest BCUT2D eigenvalue weighted by molar-refractivity contribution is -0.000114. The number of nitrogens with zero attached hydrogens (tertiary/aromatic N) is 8. The summed E-state index contributed by atoms with van der Waals surface area (Å²) in [5.41, 5.74) is 3.80. The van der Waals surface area contributed by atoms with Gasteiger partial charge in [-0.2, -0.15) is 15.6 Å². The molecule has 1 aliphatic rings. The van der Waals surface area contributed by atoms with E-state index in [1.165, 1.54) is 4.57 Å². The fourth-order valence-electron chi connectivity index (χ4n) is 5.19. The molecule has 0 aromatic carbocycles. The van der Waals surface area contributed by atoms with Crippen LogP contribution in [0.3, 0.4) is 0 Å². The number of anilines is 1. The molecule has 0 aliphatic heterocycles. The highest BCUT2D eigenvalue weighted by Crippen LogP contribution is 2.35. The summed E-state index contributed by atoms with van der Waals surface area (Å²) >= 11 is 0. The van der Waals surface area contributed by atoms with Crippen LogP contribution in [0.2, 0.25) is 0 Å². The molecule has 3 aromatic rings. The number of hydrogen-bond acceptors (Lipinski definition) is 8. The van der Waals surface area contributed by atoms with Gasteiger partial charge in [0.1, 0.15) is 40.2 Å². The topological polar surface area (TPSA) is 125 Å². The minimum Gasteiger partial charge on any atom is -0.390 e. The van der Waals surface area contributed by atoms with Crippen LogP contribution in [-0.4, -0.2) is 43.7 Å². The van der Waals surface area contributed by atoms with Crippen molar-refractivity contribution in [2.75, 3.05) is 11.9 Å². The highest BCUT2D eigenvalue weighted by atomic mass is 16.6. The first-order valence-corrected chi connectivity index (χ1v) is 12.8. The molecular weight excluding hydrogens is 480 g/mol. The summed E-state index contributed by atoms with van der Waals surface area (Å²) in [5, 5.41) is 28.5. The SMILES string of the molecule is Cc1cc(/C(=N\OC(C)(C)C)[C@H]2CC[C@@H](N(C)c3c(C#N)c(=O)n(C)c4ccc(C#N)nc34)CC2)n(C)n1. The Labute approximate surface area is 222 Å². The van der Waals surface area contributed by atoms with E-state index < -0.39 is 5.60 Å². The summed E-state index contributed by atoms with van der Waals surface area (Å²) in [6, 6.07) is 9.58. The van der Waals surface area contributed by atoms with Crippen molar-refractivity contribution < 1.29 is 4.84 Å². The number of pyridine rings is 2. The molecule has 0 unspecified atom stereocenters. The predicted octanol–water partition coefficient (Wildman–Crippen LogP) is 3.93. The van der Waals surface area contributed by atoms with Gasteiger partial charge in [-0.3, -0.25) is 9.48 Å². The second-order valence-electron chi connectivity index (χ2n) is 11.0. The zero-order valence-corrected chi connectivity index (χ0v) is 23.1. The van der Waals surface area contributed by atoms with Crippen LogP contribution in [0.15, 0.2) is 28.1 Å². The maximum atomic E-state index is 13.0. The van der Waals surface area contributed by atoms with Gasteiger partial charge in [-0.05, 0) is 71.6 Å². The molecule has 0 bridgehead atoms. The molecule has 0 radical (unpaired) electrons. The molecule has 10 heteroatoms. The summed E-state index contributed by atoms with van der Waals surface area (Å²) in [4.78, 5) is 25.4. The number of aryl methyl sites for hydroxylation is 3. The average molecular weight is 515 g/mol. The van der Waals surface area contributed by atoms with Gasteiger partial charge in [0.15, 0.2) is 0 Å². The highest BCUT2D eigenvalue weighted by molar-refractivity contribution is 6.00. The number of nitriles is 2. The van der Waals surface area contributed by atoms with Crippen molar-refractivity contribution >= 4 is 22.4 Å². The zero-order valence-electron chi connectivity index (χ0n) is 23.1. The third-order valence-corrected chi connectivity index (χ3v) is 7.11. The second kappa shape index (κ2) is 10.3. The average Bonchev–Trinajstić information content (AvgIpc) is 3.22. The smallest absolute Gasteiger partial charge is 0.270 e. The van der Waals surface area contributed by atoms with Crippen molar-refractivity contribution in [1.82, 2.24) is 19.3 Å². The van der Waals surface area contributed by atoms with Gasteiger partial charge in [0.05, 0.1) is 22.6 Å². The highest BCUT2D eigenvalue weighted by Gasteiger charge is 2.32. The Morgan fingerprint density at radius 1 is 1.16 bits per heavy atom. The molecule has 0 atom stereocenters. The second-order valence-corrected chi connectivity index (χ2v) is 11.0. The van der Waals surface area contributed by atoms with Gasteiger partial charge in [0.25, 0.3) is 5.56 Å². The van der Waals surface area contributed by atoms with E-state index >= 15 is 0 Å². The Bertz CT molecular complexity index is 1540. The molecule has 1 fully saturated rings. The molecule has 3 heterocycles. The molecule has 0 amide bonds. The number of fused-ring (bicyclic) bond motifs is 1. The van der Waals surface area contributed by atoms with Crippen LogP contribution in [0.1, 0.15) is 69.1 Å². The summed E-state index contributed by atoms with van der Waals surface area (Å²) in [7, 11) is 5.44. The van der Waals surface area contributed by atoms with Crippen LogP contribution in [0.5, 0.6) is 0 Å². The quantitative estimate of drug-likeness (QED) is 0.373. The first-order valence-electron chi connectivity index (χ1n) is 12.8. The van der Waals surface area contributed by atoms with Crippen molar-refractivity contribution in [1.29, 1.82) is 10.5 Å². The van der Waals surface area contributed by atoms with Crippen LogP contribution < -0.4 is 10.5 Å². The van der Waals surface area contributed by atoms with Crippen LogP contribution in [0, 0.1) is 35.5 Å². The molecule has 0 saturated heterocycles. The van der Waals surface area contributed by atoms with E-state index in [4.69, 9.17) is 4.84 Å². The summed E-state index contributed by atoms with van der Waals surface area (Å²) in [6.07, 6.45) is 3.36. The third kappa shape index (κ3) is 5.12. The molecule has 10 nitrogen and oxygen atoms in total. The van der Waals surface area contributed by atoms with E-state index in [0.29, 0.717) is 16.7 Å². The molecule has 0 spiro atoms. The predicted molar refractivity (Wildman–Crippen MR) is 146 cm³/mol. The first-order chi connectivity index (χ1) is 17.9. The van der Waals surface area contributed by atoms with Gasteiger partial charge in [0, 0.05) is 33.1 Å². The third-order valence-electron chi connectivity index (χ3n) is 7.11. The van der Waals surface area contributed by atoms with Crippen LogP contribution in [-0.2, 0) is 18.9 Å². The zero-order chi connectivity index (χ0) is 27.8. The molecular formula is C28H34N8O2. The molecule has 3 aromatic heterocycles. The Hall–Kier alpha value is -4.18. The normalized spacial score (nSPS) is 18.2. The largest absolute Gasteiger partial charge is 0.390 e. The Balaban J connectivity index is 1.67. The van der Waals surface area contributed by atoms with Crippen molar-refractivity contribution in [2.45, 2.75) is 65.0 Å². The van der Waals surface area contributed by atoms with Gasteiger partial charge in [0.2, 0.25) is 0 Å². The van der Waals surface area contributed by atoms with Gasteiger partial charge < -0.3 is 14.3 Å². The van der Waals surface area contributed by atoms with E-state index in [1.807, 2.05) is 57.4 Å². The van der Waals surface area contributed by atoms with E-state index in [1.54, 1.807) is 19.2 Å².